The van der Waals surface area contributed by atoms with E-state index in [1.54, 1.807) is 6.07 Å². The molecule has 1 heterocycles. The van der Waals surface area contributed by atoms with Crippen molar-refractivity contribution in [3.63, 3.8) is 0 Å². The van der Waals surface area contributed by atoms with Crippen LogP contribution in [0.5, 0.6) is 0 Å². The third-order valence-electron chi connectivity index (χ3n) is 4.70. The van der Waals surface area contributed by atoms with Gasteiger partial charge in [-0.1, -0.05) is 71.8 Å². The van der Waals surface area contributed by atoms with Crippen LogP contribution in [0.4, 0.5) is 0 Å². The van der Waals surface area contributed by atoms with Gasteiger partial charge in [0.2, 0.25) is 0 Å². The van der Waals surface area contributed by atoms with Gasteiger partial charge in [0.1, 0.15) is 0 Å². The molecule has 1 aliphatic rings. The molecular formula is C22H18ClNO. The van der Waals surface area contributed by atoms with Gasteiger partial charge in [0.05, 0.1) is 6.04 Å². The summed E-state index contributed by atoms with van der Waals surface area (Å²) >= 11 is 6.23. The summed E-state index contributed by atoms with van der Waals surface area (Å²) in [6.07, 6.45) is 0. The van der Waals surface area contributed by atoms with E-state index in [2.05, 4.69) is 43.3 Å². The van der Waals surface area contributed by atoms with E-state index in [4.69, 9.17) is 11.6 Å². The van der Waals surface area contributed by atoms with Crippen LogP contribution in [0.15, 0.2) is 72.8 Å². The maximum Gasteiger partial charge on any atom is 0.255 e. The van der Waals surface area contributed by atoms with Crippen LogP contribution >= 0.6 is 11.6 Å². The number of aryl methyl sites for hydroxylation is 1. The van der Waals surface area contributed by atoms with Crippen LogP contribution in [0.3, 0.4) is 0 Å². The number of hydrogen-bond donors (Lipinski definition) is 0. The standard InChI is InChI=1S/C22H18ClNO/c1-15-7-9-17(10-8-15)21-20-13-18(23)11-12-19(20)22(25)24(21)14-16-5-3-2-4-6-16/h2-13,21H,14H2,1H3. The molecule has 25 heavy (non-hydrogen) atoms. The molecule has 1 atom stereocenters. The van der Waals surface area contributed by atoms with Crippen molar-refractivity contribution in [2.24, 2.45) is 0 Å². The molecular weight excluding hydrogens is 330 g/mol. The fourth-order valence-electron chi connectivity index (χ4n) is 3.45. The second-order valence-electron chi connectivity index (χ2n) is 6.46. The van der Waals surface area contributed by atoms with Crippen LogP contribution in [0.25, 0.3) is 0 Å². The first-order valence-electron chi connectivity index (χ1n) is 8.34. The van der Waals surface area contributed by atoms with Gasteiger partial charge in [-0.05, 0) is 41.8 Å². The number of carbonyl (C=O) groups excluding carboxylic acids is 1. The number of amides is 1. The maximum atomic E-state index is 13.0. The van der Waals surface area contributed by atoms with E-state index >= 15 is 0 Å². The van der Waals surface area contributed by atoms with E-state index in [9.17, 15) is 4.79 Å². The van der Waals surface area contributed by atoms with Gasteiger partial charge in [-0.2, -0.15) is 0 Å². The molecule has 0 aromatic heterocycles. The zero-order valence-electron chi connectivity index (χ0n) is 13.9. The zero-order chi connectivity index (χ0) is 17.4. The first-order chi connectivity index (χ1) is 12.1. The largest absolute Gasteiger partial charge is 0.323 e. The smallest absolute Gasteiger partial charge is 0.255 e. The predicted molar refractivity (Wildman–Crippen MR) is 101 cm³/mol. The van der Waals surface area contributed by atoms with Crippen molar-refractivity contribution >= 4 is 17.5 Å². The van der Waals surface area contributed by atoms with Crippen molar-refractivity contribution < 1.29 is 4.79 Å². The summed E-state index contributed by atoms with van der Waals surface area (Å²) in [5, 5.41) is 0.658. The number of benzene rings is 3. The Morgan fingerprint density at radius 3 is 2.40 bits per heavy atom. The molecule has 1 aliphatic heterocycles. The fraction of sp³-hybridized carbons (Fsp3) is 0.136. The molecule has 124 valence electrons. The summed E-state index contributed by atoms with van der Waals surface area (Å²) in [6.45, 7) is 2.64. The predicted octanol–water partition coefficient (Wildman–Crippen LogP) is 5.39. The van der Waals surface area contributed by atoms with E-state index in [0.29, 0.717) is 11.6 Å². The van der Waals surface area contributed by atoms with Crippen molar-refractivity contribution in [1.82, 2.24) is 4.90 Å². The van der Waals surface area contributed by atoms with Gasteiger partial charge in [-0.25, -0.2) is 0 Å². The van der Waals surface area contributed by atoms with Gasteiger partial charge >= 0.3 is 0 Å². The third-order valence-corrected chi connectivity index (χ3v) is 4.94. The minimum atomic E-state index is -0.109. The van der Waals surface area contributed by atoms with Gasteiger partial charge in [0.15, 0.2) is 0 Å². The first kappa shape index (κ1) is 15.9. The van der Waals surface area contributed by atoms with E-state index in [-0.39, 0.29) is 11.9 Å². The highest BCUT2D eigenvalue weighted by Crippen LogP contribution is 2.40. The van der Waals surface area contributed by atoms with Crippen molar-refractivity contribution in [2.45, 2.75) is 19.5 Å². The molecule has 0 saturated carbocycles. The Balaban J connectivity index is 1.81. The van der Waals surface area contributed by atoms with Gasteiger partial charge in [-0.15, -0.1) is 0 Å². The Morgan fingerprint density at radius 1 is 0.960 bits per heavy atom. The lowest BCUT2D eigenvalue weighted by atomic mass is 9.97. The molecule has 2 nitrogen and oxygen atoms in total. The van der Waals surface area contributed by atoms with Crippen molar-refractivity contribution in [3.05, 3.63) is 106 Å². The average Bonchev–Trinajstić information content (AvgIpc) is 2.88. The SMILES string of the molecule is Cc1ccc(C2c3cc(Cl)ccc3C(=O)N2Cc2ccccc2)cc1. The lowest BCUT2D eigenvalue weighted by Gasteiger charge is -2.26. The highest BCUT2D eigenvalue weighted by atomic mass is 35.5. The van der Waals surface area contributed by atoms with Crippen molar-refractivity contribution in [2.75, 3.05) is 0 Å². The van der Waals surface area contributed by atoms with Crippen LogP contribution in [-0.2, 0) is 6.54 Å². The minimum absolute atomic E-state index is 0.0566. The number of nitrogens with zero attached hydrogens (tertiary/aromatic N) is 1. The lowest BCUT2D eigenvalue weighted by molar-refractivity contribution is 0.0736. The molecule has 0 spiro atoms. The normalized spacial score (nSPS) is 16.2. The number of carbonyl (C=O) groups is 1. The molecule has 0 bridgehead atoms. The van der Waals surface area contributed by atoms with Crippen molar-refractivity contribution in [1.29, 1.82) is 0 Å². The number of fused-ring (bicyclic) bond motifs is 1. The Kier molecular flexibility index (Phi) is 4.06. The Bertz CT molecular complexity index is 919. The van der Waals surface area contributed by atoms with Crippen LogP contribution < -0.4 is 0 Å². The van der Waals surface area contributed by atoms with Gasteiger partial charge in [0.25, 0.3) is 5.91 Å². The molecule has 1 unspecified atom stereocenters. The van der Waals surface area contributed by atoms with Gasteiger partial charge in [-0.3, -0.25) is 4.79 Å². The minimum Gasteiger partial charge on any atom is -0.323 e. The molecule has 0 fully saturated rings. The van der Waals surface area contributed by atoms with Crippen LogP contribution in [0.1, 0.15) is 38.7 Å². The van der Waals surface area contributed by atoms with E-state index < -0.39 is 0 Å². The summed E-state index contributed by atoms with van der Waals surface area (Å²) in [7, 11) is 0. The Hall–Kier alpha value is -2.58. The molecule has 1 amide bonds. The van der Waals surface area contributed by atoms with Gasteiger partial charge in [0, 0.05) is 17.1 Å². The summed E-state index contributed by atoms with van der Waals surface area (Å²) in [6, 6.07) is 23.9. The number of hydrogen-bond acceptors (Lipinski definition) is 1. The van der Waals surface area contributed by atoms with Crippen LogP contribution in [-0.4, -0.2) is 10.8 Å². The molecule has 0 radical (unpaired) electrons. The lowest BCUT2D eigenvalue weighted by Crippen LogP contribution is -2.28. The number of halogens is 1. The number of rotatable bonds is 3. The average molecular weight is 348 g/mol. The van der Waals surface area contributed by atoms with Crippen molar-refractivity contribution in [3.8, 4) is 0 Å². The monoisotopic (exact) mass is 347 g/mol. The van der Waals surface area contributed by atoms with E-state index in [0.717, 1.165) is 22.3 Å². The molecule has 0 aliphatic carbocycles. The first-order valence-corrected chi connectivity index (χ1v) is 8.72. The van der Waals surface area contributed by atoms with E-state index in [1.807, 2.05) is 35.2 Å². The highest BCUT2D eigenvalue weighted by Gasteiger charge is 2.37. The molecule has 4 rings (SSSR count). The maximum absolute atomic E-state index is 13.0. The molecule has 0 saturated heterocycles. The van der Waals surface area contributed by atoms with Crippen LogP contribution in [0, 0.1) is 6.92 Å². The summed E-state index contributed by atoms with van der Waals surface area (Å²) in [5.41, 5.74) is 5.15. The molecule has 0 N–H and O–H groups in total. The zero-order valence-corrected chi connectivity index (χ0v) is 14.7. The Morgan fingerprint density at radius 2 is 1.68 bits per heavy atom. The highest BCUT2D eigenvalue weighted by molar-refractivity contribution is 6.30. The second-order valence-corrected chi connectivity index (χ2v) is 6.90. The Labute approximate surface area is 152 Å². The third kappa shape index (κ3) is 2.94. The molecule has 3 aromatic rings. The van der Waals surface area contributed by atoms with Gasteiger partial charge < -0.3 is 4.90 Å². The van der Waals surface area contributed by atoms with Crippen LogP contribution in [0.2, 0.25) is 5.02 Å². The summed E-state index contributed by atoms with van der Waals surface area (Å²) in [4.78, 5) is 15.0. The fourth-order valence-corrected chi connectivity index (χ4v) is 3.63. The molecule has 3 heteroatoms. The summed E-state index contributed by atoms with van der Waals surface area (Å²) < 4.78 is 0. The molecule has 3 aromatic carbocycles. The quantitative estimate of drug-likeness (QED) is 0.621. The van der Waals surface area contributed by atoms with E-state index in [1.165, 1.54) is 5.56 Å². The second kappa shape index (κ2) is 6.38. The topological polar surface area (TPSA) is 20.3 Å². The summed E-state index contributed by atoms with van der Waals surface area (Å²) in [5.74, 6) is 0.0566.